The van der Waals surface area contributed by atoms with Gasteiger partial charge in [-0.25, -0.2) is 0 Å². The molecule has 2 N–H and O–H groups in total. The molecule has 6 nitrogen and oxygen atoms in total. The number of carbonyl (C=O) groups is 2. The van der Waals surface area contributed by atoms with Gasteiger partial charge in [0.05, 0.1) is 5.41 Å². The third-order valence-electron chi connectivity index (χ3n) is 7.93. The van der Waals surface area contributed by atoms with Gasteiger partial charge in [-0.3, -0.25) is 9.59 Å². The highest BCUT2D eigenvalue weighted by molar-refractivity contribution is 6.04. The molecule has 0 aromatic heterocycles. The third-order valence-corrected chi connectivity index (χ3v) is 7.93. The molecule has 2 heterocycles. The molecule has 154 valence electrons. The minimum Gasteiger partial charge on any atom is -0.504 e. The summed E-state index contributed by atoms with van der Waals surface area (Å²) in [5.74, 6) is -0.583. The fourth-order valence-electron chi connectivity index (χ4n) is 6.69. The maximum Gasteiger partial charge on any atom is 0.216 e. The molecular formula is C23H27NO5. The van der Waals surface area contributed by atoms with Crippen LogP contribution in [0.4, 0.5) is 0 Å². The number of Topliss-reactive ketones (excluding diaryl/α,β-unsaturated/α-hetero) is 2. The van der Waals surface area contributed by atoms with Crippen molar-refractivity contribution in [2.75, 3.05) is 13.6 Å². The number of likely N-dealkylation sites (N-methyl/N-ethyl adjacent to an activating group) is 1. The van der Waals surface area contributed by atoms with Crippen molar-refractivity contribution in [3.8, 4) is 11.5 Å². The van der Waals surface area contributed by atoms with E-state index in [1.165, 1.54) is 6.08 Å². The van der Waals surface area contributed by atoms with Gasteiger partial charge in [-0.05, 0) is 44.1 Å². The number of aromatic hydroxyl groups is 1. The standard InChI is InChI=1S/C23H27NO5/c1-4-17(26)22(28)9-8-14-15-12-13-6-7-16(25)20-19(13)21(14,10-11-24(15)3)23(22,29-20)18(27)5-2/h6-9,14-15,25,28H,4-5,10-12H2,1-3H3/t14-,15+,21-,22+,23+/m0/s1. The van der Waals surface area contributed by atoms with E-state index in [2.05, 4.69) is 11.9 Å². The Morgan fingerprint density at radius 1 is 1.24 bits per heavy atom. The molecule has 0 radical (unpaired) electrons. The van der Waals surface area contributed by atoms with Crippen LogP contribution >= 0.6 is 0 Å². The lowest BCUT2D eigenvalue weighted by Crippen LogP contribution is -2.79. The zero-order valence-electron chi connectivity index (χ0n) is 17.1. The van der Waals surface area contributed by atoms with Crippen LogP contribution < -0.4 is 4.74 Å². The Morgan fingerprint density at radius 3 is 2.66 bits per heavy atom. The smallest absolute Gasteiger partial charge is 0.216 e. The summed E-state index contributed by atoms with van der Waals surface area (Å²) in [6.45, 7) is 4.15. The first-order chi connectivity index (χ1) is 13.8. The van der Waals surface area contributed by atoms with E-state index in [1.54, 1.807) is 19.9 Å². The van der Waals surface area contributed by atoms with Crippen molar-refractivity contribution in [3.05, 3.63) is 35.4 Å². The van der Waals surface area contributed by atoms with Gasteiger partial charge >= 0.3 is 0 Å². The number of rotatable bonds is 4. The summed E-state index contributed by atoms with van der Waals surface area (Å²) in [7, 11) is 2.08. The van der Waals surface area contributed by atoms with Crippen molar-refractivity contribution in [1.82, 2.24) is 4.90 Å². The number of phenols is 1. The van der Waals surface area contributed by atoms with E-state index in [0.29, 0.717) is 6.42 Å². The molecule has 29 heavy (non-hydrogen) atoms. The number of phenolic OH excluding ortho intramolecular Hbond substituents is 1. The summed E-state index contributed by atoms with van der Waals surface area (Å²) in [4.78, 5) is 29.1. The zero-order valence-corrected chi connectivity index (χ0v) is 17.1. The van der Waals surface area contributed by atoms with Gasteiger partial charge in [0.1, 0.15) is 0 Å². The molecule has 1 fully saturated rings. The number of hydrogen-bond donors (Lipinski definition) is 2. The van der Waals surface area contributed by atoms with Gasteiger partial charge in [0.2, 0.25) is 5.60 Å². The van der Waals surface area contributed by atoms with Crippen LogP contribution in [0.15, 0.2) is 24.3 Å². The summed E-state index contributed by atoms with van der Waals surface area (Å²) >= 11 is 0. The molecule has 1 aromatic rings. The molecule has 2 aliphatic carbocycles. The summed E-state index contributed by atoms with van der Waals surface area (Å²) in [6.07, 6.45) is 5.00. The van der Waals surface area contributed by atoms with Crippen LogP contribution in [0.1, 0.15) is 44.2 Å². The van der Waals surface area contributed by atoms with Crippen LogP contribution in [0.2, 0.25) is 0 Å². The number of ether oxygens (including phenoxy) is 1. The molecule has 0 amide bonds. The molecule has 4 aliphatic rings. The molecule has 5 atom stereocenters. The molecular weight excluding hydrogens is 370 g/mol. The van der Waals surface area contributed by atoms with Gasteiger partial charge in [-0.1, -0.05) is 26.0 Å². The molecule has 0 unspecified atom stereocenters. The third kappa shape index (κ3) is 1.82. The lowest BCUT2D eigenvalue weighted by Gasteiger charge is -2.62. The van der Waals surface area contributed by atoms with Gasteiger partial charge in [0.25, 0.3) is 0 Å². The number of nitrogens with zero attached hydrogens (tertiary/aromatic N) is 1. The Morgan fingerprint density at radius 2 is 1.97 bits per heavy atom. The highest BCUT2D eigenvalue weighted by Crippen LogP contribution is 2.68. The topological polar surface area (TPSA) is 87.1 Å². The fourth-order valence-corrected chi connectivity index (χ4v) is 6.69. The fraction of sp³-hybridized carbons (Fsp3) is 0.565. The molecule has 1 aromatic carbocycles. The van der Waals surface area contributed by atoms with Gasteiger partial charge in [-0.15, -0.1) is 0 Å². The van der Waals surface area contributed by atoms with Crippen LogP contribution in [0.5, 0.6) is 11.5 Å². The number of piperidine rings is 1. The average Bonchev–Trinajstić information content (AvgIpc) is 3.05. The van der Waals surface area contributed by atoms with Crippen LogP contribution in [-0.4, -0.2) is 57.5 Å². The van der Waals surface area contributed by atoms with E-state index in [0.717, 1.165) is 24.1 Å². The van der Waals surface area contributed by atoms with Crippen molar-refractivity contribution >= 4 is 11.6 Å². The Labute approximate surface area is 170 Å². The predicted octanol–water partition coefficient (Wildman–Crippen LogP) is 1.90. The Kier molecular flexibility index (Phi) is 3.70. The first kappa shape index (κ1) is 18.8. The summed E-state index contributed by atoms with van der Waals surface area (Å²) < 4.78 is 6.38. The minimum absolute atomic E-state index is 0.0433. The predicted molar refractivity (Wildman–Crippen MR) is 106 cm³/mol. The van der Waals surface area contributed by atoms with E-state index in [4.69, 9.17) is 4.74 Å². The van der Waals surface area contributed by atoms with Crippen molar-refractivity contribution < 1.29 is 24.5 Å². The monoisotopic (exact) mass is 397 g/mol. The summed E-state index contributed by atoms with van der Waals surface area (Å²) in [5.41, 5.74) is -2.84. The number of ketones is 2. The first-order valence-corrected chi connectivity index (χ1v) is 10.5. The largest absolute Gasteiger partial charge is 0.504 e. The summed E-state index contributed by atoms with van der Waals surface area (Å²) in [5, 5.41) is 22.5. The molecule has 6 heteroatoms. The Balaban J connectivity index is 1.93. The molecule has 2 bridgehead atoms. The van der Waals surface area contributed by atoms with Crippen LogP contribution in [-0.2, 0) is 21.4 Å². The molecule has 2 aliphatic heterocycles. The van der Waals surface area contributed by atoms with Crippen LogP contribution in [0.3, 0.4) is 0 Å². The maximum atomic E-state index is 13.7. The second kappa shape index (κ2) is 5.70. The lowest BCUT2D eigenvalue weighted by molar-refractivity contribution is -0.189. The van der Waals surface area contributed by atoms with E-state index >= 15 is 0 Å². The van der Waals surface area contributed by atoms with Crippen molar-refractivity contribution in [2.45, 2.75) is 62.2 Å². The molecule has 0 saturated carbocycles. The zero-order chi connectivity index (χ0) is 20.8. The maximum absolute atomic E-state index is 13.7. The SMILES string of the molecule is CCC(=O)[C@@]12Oc3c(O)ccc4c3[C@@]13CCN(C)[C@H](C4)[C@@H]3C=C[C@@]2(O)C(=O)CC. The number of benzene rings is 1. The second-order valence-electron chi connectivity index (χ2n) is 8.91. The van der Waals surface area contributed by atoms with Gasteiger partial charge in [0.15, 0.2) is 28.7 Å². The van der Waals surface area contributed by atoms with Crippen LogP contribution in [0.25, 0.3) is 0 Å². The quantitative estimate of drug-likeness (QED) is 0.755. The highest BCUT2D eigenvalue weighted by atomic mass is 16.5. The molecule has 1 saturated heterocycles. The van der Waals surface area contributed by atoms with E-state index < -0.39 is 22.4 Å². The van der Waals surface area contributed by atoms with Gasteiger partial charge in [-0.2, -0.15) is 0 Å². The number of aliphatic hydroxyl groups is 1. The summed E-state index contributed by atoms with van der Waals surface area (Å²) in [6, 6.07) is 3.63. The number of carbonyl (C=O) groups excluding carboxylic acids is 2. The normalized spacial score (nSPS) is 39.0. The minimum atomic E-state index is -2.06. The molecule has 1 spiro atoms. The molecule has 5 rings (SSSR count). The van der Waals surface area contributed by atoms with Gasteiger partial charge < -0.3 is 19.8 Å². The van der Waals surface area contributed by atoms with Crippen molar-refractivity contribution in [1.29, 1.82) is 0 Å². The Bertz CT molecular complexity index is 970. The van der Waals surface area contributed by atoms with E-state index in [1.807, 2.05) is 12.1 Å². The van der Waals surface area contributed by atoms with Crippen molar-refractivity contribution in [2.24, 2.45) is 5.92 Å². The first-order valence-electron chi connectivity index (χ1n) is 10.5. The lowest BCUT2D eigenvalue weighted by atomic mass is 9.44. The number of likely N-dealkylation sites (tertiary alicyclic amines) is 1. The van der Waals surface area contributed by atoms with Crippen molar-refractivity contribution in [3.63, 3.8) is 0 Å². The van der Waals surface area contributed by atoms with E-state index in [-0.39, 0.29) is 42.1 Å². The number of hydrogen-bond acceptors (Lipinski definition) is 6. The highest BCUT2D eigenvalue weighted by Gasteiger charge is 2.80. The average molecular weight is 397 g/mol. The second-order valence-corrected chi connectivity index (χ2v) is 8.91. The van der Waals surface area contributed by atoms with Crippen LogP contribution in [0, 0.1) is 5.92 Å². The van der Waals surface area contributed by atoms with Gasteiger partial charge in [0, 0.05) is 30.4 Å². The van der Waals surface area contributed by atoms with E-state index in [9.17, 15) is 19.8 Å². The Hall–Kier alpha value is -2.18.